The van der Waals surface area contributed by atoms with Crippen LogP contribution in [-0.2, 0) is 17.8 Å². The molecule has 6 nitrogen and oxygen atoms in total. The molecule has 1 unspecified atom stereocenters. The maximum Gasteiger partial charge on any atom is 0.330 e. The van der Waals surface area contributed by atoms with Gasteiger partial charge < -0.3 is 10.4 Å². The normalized spacial score (nSPS) is 14.9. The Bertz CT molecular complexity index is 694. The van der Waals surface area contributed by atoms with Gasteiger partial charge in [-0.3, -0.25) is 9.48 Å². The van der Waals surface area contributed by atoms with Gasteiger partial charge in [0.1, 0.15) is 0 Å². The second kappa shape index (κ2) is 6.01. The Kier molecular flexibility index (Phi) is 3.91. The van der Waals surface area contributed by atoms with Gasteiger partial charge in [-0.25, -0.2) is 4.79 Å². The van der Waals surface area contributed by atoms with E-state index in [1.165, 1.54) is 6.20 Å². The largest absolute Gasteiger partial charge is 0.479 e. The summed E-state index contributed by atoms with van der Waals surface area (Å²) < 4.78 is 1.83. The number of nitrogens with zero attached hydrogens (tertiary/aromatic N) is 2. The zero-order chi connectivity index (χ0) is 15.5. The third-order valence-corrected chi connectivity index (χ3v) is 3.88. The van der Waals surface area contributed by atoms with Crippen LogP contribution in [0.25, 0.3) is 0 Å². The molecule has 2 heterocycles. The highest BCUT2D eigenvalue weighted by Crippen LogP contribution is 2.20. The first-order chi connectivity index (χ1) is 10.7. The van der Waals surface area contributed by atoms with Crippen molar-refractivity contribution in [1.82, 2.24) is 15.1 Å². The van der Waals surface area contributed by atoms with Gasteiger partial charge in [-0.1, -0.05) is 30.3 Å². The summed E-state index contributed by atoms with van der Waals surface area (Å²) in [5.41, 5.74) is 1.91. The molecule has 6 heteroatoms. The third kappa shape index (κ3) is 2.72. The van der Waals surface area contributed by atoms with Crippen LogP contribution < -0.4 is 5.32 Å². The van der Waals surface area contributed by atoms with Crippen LogP contribution in [0.1, 0.15) is 40.5 Å². The molecule has 1 aromatic heterocycles. The first kappa shape index (κ1) is 14.3. The summed E-state index contributed by atoms with van der Waals surface area (Å²) in [6.45, 7) is 0.809. The monoisotopic (exact) mass is 299 g/mol. The van der Waals surface area contributed by atoms with E-state index in [1.807, 2.05) is 4.68 Å². The first-order valence-electron chi connectivity index (χ1n) is 7.30. The minimum Gasteiger partial charge on any atom is -0.479 e. The number of rotatable bonds is 4. The molecule has 0 bridgehead atoms. The minimum atomic E-state index is -1.08. The summed E-state index contributed by atoms with van der Waals surface area (Å²) in [5.74, 6) is -1.47. The van der Waals surface area contributed by atoms with Gasteiger partial charge in [0, 0.05) is 6.54 Å². The second-order valence-corrected chi connectivity index (χ2v) is 5.34. The SMILES string of the molecule is O=C(NC(C(=O)O)c1ccccc1)c1cnn2c1CCCC2. The molecule has 0 saturated carbocycles. The number of aryl methyl sites for hydroxylation is 1. The third-order valence-electron chi connectivity index (χ3n) is 3.88. The van der Waals surface area contributed by atoms with Crippen LogP contribution in [0, 0.1) is 0 Å². The first-order valence-corrected chi connectivity index (χ1v) is 7.30. The summed E-state index contributed by atoms with van der Waals surface area (Å²) in [6.07, 6.45) is 4.40. The Morgan fingerprint density at radius 1 is 1.23 bits per heavy atom. The van der Waals surface area contributed by atoms with Crippen LogP contribution in [0.15, 0.2) is 36.5 Å². The topological polar surface area (TPSA) is 84.2 Å². The number of carboxylic acids is 1. The molecule has 0 aliphatic carbocycles. The molecule has 1 amide bonds. The van der Waals surface area contributed by atoms with Gasteiger partial charge in [-0.05, 0) is 24.8 Å². The highest BCUT2D eigenvalue weighted by Gasteiger charge is 2.26. The molecule has 2 aromatic rings. The van der Waals surface area contributed by atoms with Crippen molar-refractivity contribution in [1.29, 1.82) is 0 Å². The van der Waals surface area contributed by atoms with E-state index in [0.29, 0.717) is 11.1 Å². The van der Waals surface area contributed by atoms with Crippen LogP contribution in [0.4, 0.5) is 0 Å². The molecule has 1 aliphatic rings. The predicted molar refractivity (Wildman–Crippen MR) is 79.5 cm³/mol. The van der Waals surface area contributed by atoms with Crippen molar-refractivity contribution >= 4 is 11.9 Å². The Balaban J connectivity index is 1.83. The van der Waals surface area contributed by atoms with Crippen LogP contribution in [0.3, 0.4) is 0 Å². The summed E-state index contributed by atoms with van der Waals surface area (Å²) in [6, 6.07) is 7.61. The fourth-order valence-electron chi connectivity index (χ4n) is 2.75. The zero-order valence-electron chi connectivity index (χ0n) is 12.0. The van der Waals surface area contributed by atoms with Crippen LogP contribution >= 0.6 is 0 Å². The number of aliphatic carboxylic acids is 1. The number of hydrogen-bond donors (Lipinski definition) is 2. The van der Waals surface area contributed by atoms with E-state index in [-0.39, 0.29) is 5.91 Å². The summed E-state index contributed by atoms with van der Waals surface area (Å²) in [4.78, 5) is 23.9. The molecule has 1 aromatic carbocycles. The maximum absolute atomic E-state index is 12.4. The number of aromatic nitrogens is 2. The van der Waals surface area contributed by atoms with Gasteiger partial charge in [-0.15, -0.1) is 0 Å². The average molecular weight is 299 g/mol. The number of hydrogen-bond acceptors (Lipinski definition) is 3. The molecule has 0 fully saturated rings. The van der Waals surface area contributed by atoms with E-state index < -0.39 is 12.0 Å². The van der Waals surface area contributed by atoms with E-state index in [1.54, 1.807) is 30.3 Å². The van der Waals surface area contributed by atoms with Crippen molar-refractivity contribution in [2.24, 2.45) is 0 Å². The van der Waals surface area contributed by atoms with Crippen molar-refractivity contribution in [2.45, 2.75) is 31.8 Å². The minimum absolute atomic E-state index is 0.389. The Hall–Kier alpha value is -2.63. The Morgan fingerprint density at radius 2 is 2.00 bits per heavy atom. The molecule has 0 radical (unpaired) electrons. The lowest BCUT2D eigenvalue weighted by Gasteiger charge is -2.17. The highest BCUT2D eigenvalue weighted by molar-refractivity contribution is 5.97. The van der Waals surface area contributed by atoms with E-state index >= 15 is 0 Å². The fourth-order valence-corrected chi connectivity index (χ4v) is 2.75. The molecule has 1 aliphatic heterocycles. The number of nitrogens with one attached hydrogen (secondary N) is 1. The van der Waals surface area contributed by atoms with Gasteiger partial charge in [0.05, 0.1) is 17.5 Å². The lowest BCUT2D eigenvalue weighted by Crippen LogP contribution is -2.34. The maximum atomic E-state index is 12.4. The van der Waals surface area contributed by atoms with Gasteiger partial charge in [-0.2, -0.15) is 5.10 Å². The van der Waals surface area contributed by atoms with Crippen LogP contribution in [-0.4, -0.2) is 26.8 Å². The van der Waals surface area contributed by atoms with E-state index in [2.05, 4.69) is 10.4 Å². The lowest BCUT2D eigenvalue weighted by molar-refractivity contribution is -0.139. The predicted octanol–water partition coefficient (Wildman–Crippen LogP) is 1.78. The van der Waals surface area contributed by atoms with Crippen molar-refractivity contribution in [3.63, 3.8) is 0 Å². The number of fused-ring (bicyclic) bond motifs is 1. The van der Waals surface area contributed by atoms with Crippen LogP contribution in [0.2, 0.25) is 0 Å². The Morgan fingerprint density at radius 3 is 2.73 bits per heavy atom. The number of carbonyl (C=O) groups is 2. The second-order valence-electron chi connectivity index (χ2n) is 5.34. The molecular weight excluding hydrogens is 282 g/mol. The fraction of sp³-hybridized carbons (Fsp3) is 0.312. The van der Waals surface area contributed by atoms with Gasteiger partial charge >= 0.3 is 5.97 Å². The molecular formula is C16H17N3O3. The highest BCUT2D eigenvalue weighted by atomic mass is 16.4. The summed E-state index contributed by atoms with van der Waals surface area (Å²) in [5, 5.41) is 16.2. The molecule has 0 saturated heterocycles. The number of amides is 1. The average Bonchev–Trinajstić information content (AvgIpc) is 2.97. The molecule has 2 N–H and O–H groups in total. The van der Waals surface area contributed by atoms with Crippen LogP contribution in [0.5, 0.6) is 0 Å². The van der Waals surface area contributed by atoms with Gasteiger partial charge in [0.15, 0.2) is 6.04 Å². The van der Waals surface area contributed by atoms with Crippen molar-refractivity contribution in [3.05, 3.63) is 53.3 Å². The van der Waals surface area contributed by atoms with Crippen molar-refractivity contribution in [2.75, 3.05) is 0 Å². The van der Waals surface area contributed by atoms with Gasteiger partial charge in [0.2, 0.25) is 0 Å². The number of benzene rings is 1. The zero-order valence-corrected chi connectivity index (χ0v) is 12.0. The van der Waals surface area contributed by atoms with Gasteiger partial charge in [0.25, 0.3) is 5.91 Å². The molecule has 114 valence electrons. The molecule has 1 atom stereocenters. The van der Waals surface area contributed by atoms with Crippen molar-refractivity contribution < 1.29 is 14.7 Å². The molecule has 22 heavy (non-hydrogen) atoms. The van der Waals surface area contributed by atoms with Crippen molar-refractivity contribution in [3.8, 4) is 0 Å². The summed E-state index contributed by atoms with van der Waals surface area (Å²) in [7, 11) is 0. The quantitative estimate of drug-likeness (QED) is 0.901. The number of carbonyl (C=O) groups excluding carboxylic acids is 1. The smallest absolute Gasteiger partial charge is 0.330 e. The number of carboxylic acid groups (broad SMARTS) is 1. The lowest BCUT2D eigenvalue weighted by atomic mass is 10.0. The summed E-state index contributed by atoms with van der Waals surface area (Å²) >= 11 is 0. The molecule has 3 rings (SSSR count). The van der Waals surface area contributed by atoms with E-state index in [4.69, 9.17) is 0 Å². The van der Waals surface area contributed by atoms with E-state index in [9.17, 15) is 14.7 Å². The Labute approximate surface area is 127 Å². The standard InChI is InChI=1S/C16H17N3O3/c20-15(12-10-17-19-9-5-4-8-13(12)19)18-14(16(21)22)11-6-2-1-3-7-11/h1-3,6-7,10,14H,4-5,8-9H2,(H,18,20)(H,21,22). The molecule has 0 spiro atoms. The van der Waals surface area contributed by atoms with E-state index in [0.717, 1.165) is 31.5 Å².